The van der Waals surface area contributed by atoms with E-state index in [2.05, 4.69) is 17.2 Å². The number of anilines is 1. The van der Waals surface area contributed by atoms with E-state index < -0.39 is 0 Å². The summed E-state index contributed by atoms with van der Waals surface area (Å²) in [4.78, 5) is 29.9. The van der Waals surface area contributed by atoms with E-state index in [-0.39, 0.29) is 17.8 Å². The number of unbranched alkanes of at least 4 members (excludes halogenated alkanes) is 2. The molecule has 27 heavy (non-hydrogen) atoms. The first kappa shape index (κ1) is 21.0. The molecule has 0 radical (unpaired) electrons. The van der Waals surface area contributed by atoms with E-state index in [0.717, 1.165) is 24.9 Å². The number of halogens is 1. The minimum absolute atomic E-state index is 0.283. The Hall–Kier alpha value is -2.34. The third-order valence-electron chi connectivity index (χ3n) is 4.30. The Morgan fingerprint density at radius 3 is 2.44 bits per heavy atom. The van der Waals surface area contributed by atoms with Crippen molar-refractivity contribution in [3.8, 4) is 0 Å². The molecule has 0 aliphatic heterocycles. The fourth-order valence-electron chi connectivity index (χ4n) is 2.90. The summed E-state index contributed by atoms with van der Waals surface area (Å²) in [5.41, 5.74) is 0.724. The first-order chi connectivity index (χ1) is 13.0. The molecule has 1 N–H and O–H groups in total. The van der Waals surface area contributed by atoms with Crippen molar-refractivity contribution >= 4 is 28.3 Å². The van der Waals surface area contributed by atoms with Gasteiger partial charge >= 0.3 is 5.69 Å². The van der Waals surface area contributed by atoms with Crippen LogP contribution in [0.3, 0.4) is 0 Å². The Balaban J connectivity index is 2.35. The number of hydrogen-bond acceptors (Lipinski definition) is 4. The van der Waals surface area contributed by atoms with Gasteiger partial charge in [0.15, 0.2) is 0 Å². The molecule has 0 fully saturated rings. The Morgan fingerprint density at radius 2 is 1.81 bits per heavy atom. The molecule has 0 aliphatic carbocycles. The van der Waals surface area contributed by atoms with E-state index in [1.54, 1.807) is 18.4 Å². The van der Waals surface area contributed by atoms with Gasteiger partial charge in [-0.25, -0.2) is 9.79 Å². The number of aliphatic imine (C=N–C) groups is 1. The van der Waals surface area contributed by atoms with Crippen LogP contribution in [0.2, 0.25) is 0 Å². The van der Waals surface area contributed by atoms with E-state index >= 15 is 0 Å². The van der Waals surface area contributed by atoms with Gasteiger partial charge in [0.2, 0.25) is 0 Å². The Kier molecular flexibility index (Phi) is 7.85. The first-order valence-corrected chi connectivity index (χ1v) is 9.67. The minimum atomic E-state index is -0.340. The number of benzene rings is 1. The number of para-hydroxylation sites is 1. The highest BCUT2D eigenvalue weighted by atomic mass is 35.5. The highest BCUT2D eigenvalue weighted by molar-refractivity contribution is 6.65. The van der Waals surface area contributed by atoms with Gasteiger partial charge in [0.25, 0.3) is 5.56 Å². The maximum absolute atomic E-state index is 13.0. The normalized spacial score (nSPS) is 11.6. The first-order valence-electron chi connectivity index (χ1n) is 9.29. The van der Waals surface area contributed by atoms with Gasteiger partial charge in [0.1, 0.15) is 11.0 Å². The van der Waals surface area contributed by atoms with Gasteiger partial charge in [-0.2, -0.15) is 0 Å². The van der Waals surface area contributed by atoms with Crippen LogP contribution in [0.1, 0.15) is 38.7 Å². The number of aromatic nitrogens is 2. The number of hydrogen-bond donors (Lipinski definition) is 1. The molecule has 7 heteroatoms. The lowest BCUT2D eigenvalue weighted by molar-refractivity contribution is 0.530. The summed E-state index contributed by atoms with van der Waals surface area (Å²) in [7, 11) is 0. The molecule has 1 aromatic carbocycles. The summed E-state index contributed by atoms with van der Waals surface area (Å²) in [6, 6.07) is 9.68. The number of rotatable bonds is 9. The zero-order valence-corrected chi connectivity index (χ0v) is 16.9. The highest BCUT2D eigenvalue weighted by Gasteiger charge is 2.16. The Morgan fingerprint density at radius 1 is 1.11 bits per heavy atom. The Labute approximate surface area is 164 Å². The topological polar surface area (TPSA) is 68.4 Å². The standard InChI is InChI=1S/C20H27ClN4O2/c1-4-5-9-13-24-18(23-16(3)21)15(2)19(26)25(20(24)27)14-12-22-17-10-7-6-8-11-17/h6-8,10-11,22H,4-5,9,12-14H2,1-3H3/b23-16+. The smallest absolute Gasteiger partial charge is 0.332 e. The van der Waals surface area contributed by atoms with Crippen LogP contribution in [0, 0.1) is 6.92 Å². The summed E-state index contributed by atoms with van der Waals surface area (Å²) in [6.45, 7) is 6.71. The lowest BCUT2D eigenvalue weighted by Gasteiger charge is -2.16. The molecule has 0 spiro atoms. The van der Waals surface area contributed by atoms with Crippen molar-refractivity contribution < 1.29 is 0 Å². The summed E-state index contributed by atoms with van der Waals surface area (Å²) >= 11 is 5.93. The van der Waals surface area contributed by atoms with Crippen LogP contribution < -0.4 is 16.6 Å². The maximum Gasteiger partial charge on any atom is 0.332 e. The summed E-state index contributed by atoms with van der Waals surface area (Å²) in [6.07, 6.45) is 2.89. The average Bonchev–Trinajstić information content (AvgIpc) is 2.65. The van der Waals surface area contributed by atoms with Crippen molar-refractivity contribution in [2.45, 2.75) is 53.1 Å². The van der Waals surface area contributed by atoms with Crippen LogP contribution in [0.15, 0.2) is 44.9 Å². The van der Waals surface area contributed by atoms with Crippen molar-refractivity contribution in [2.75, 3.05) is 11.9 Å². The molecule has 0 atom stereocenters. The van der Waals surface area contributed by atoms with Gasteiger partial charge in [-0.05, 0) is 32.4 Å². The molecule has 0 bridgehead atoms. The fourth-order valence-corrected chi connectivity index (χ4v) is 2.98. The van der Waals surface area contributed by atoms with Crippen LogP contribution in [-0.2, 0) is 13.1 Å². The van der Waals surface area contributed by atoms with Crippen molar-refractivity contribution in [1.82, 2.24) is 9.13 Å². The summed E-state index contributed by atoms with van der Waals surface area (Å²) < 4.78 is 2.85. The molecule has 2 aromatic rings. The molecule has 0 saturated heterocycles. The monoisotopic (exact) mass is 390 g/mol. The van der Waals surface area contributed by atoms with Gasteiger partial charge in [0, 0.05) is 25.3 Å². The van der Waals surface area contributed by atoms with Gasteiger partial charge in [-0.3, -0.25) is 13.9 Å². The molecule has 0 saturated carbocycles. The molecule has 1 heterocycles. The lowest BCUT2D eigenvalue weighted by atomic mass is 10.2. The molecule has 2 rings (SSSR count). The second-order valence-electron chi connectivity index (χ2n) is 6.45. The van der Waals surface area contributed by atoms with Crippen molar-refractivity contribution in [2.24, 2.45) is 4.99 Å². The molecular formula is C20H27ClN4O2. The second kappa shape index (κ2) is 10.1. The van der Waals surface area contributed by atoms with Crippen molar-refractivity contribution in [3.05, 3.63) is 56.7 Å². The SMILES string of the molecule is CCCCCn1c(/N=C(\C)Cl)c(C)c(=O)n(CCNc2ccccc2)c1=O. The molecule has 0 aliphatic rings. The molecule has 1 aromatic heterocycles. The van der Waals surface area contributed by atoms with Crippen LogP contribution >= 0.6 is 11.6 Å². The molecule has 0 unspecified atom stereocenters. The Bertz CT molecular complexity index is 897. The quantitative estimate of drug-likeness (QED) is 0.521. The van der Waals surface area contributed by atoms with E-state index in [4.69, 9.17) is 11.6 Å². The maximum atomic E-state index is 13.0. The zero-order valence-electron chi connectivity index (χ0n) is 16.2. The third kappa shape index (κ3) is 5.57. The zero-order chi connectivity index (χ0) is 19.8. The van der Waals surface area contributed by atoms with E-state index in [1.807, 2.05) is 30.3 Å². The predicted octanol–water partition coefficient (Wildman–Crippen LogP) is 3.91. The van der Waals surface area contributed by atoms with Crippen LogP contribution in [-0.4, -0.2) is 20.8 Å². The minimum Gasteiger partial charge on any atom is -0.383 e. The third-order valence-corrected chi connectivity index (χ3v) is 4.39. The van der Waals surface area contributed by atoms with Crippen LogP contribution in [0.5, 0.6) is 0 Å². The molecular weight excluding hydrogens is 364 g/mol. The second-order valence-corrected chi connectivity index (χ2v) is 7.00. The number of nitrogens with one attached hydrogen (secondary N) is 1. The predicted molar refractivity (Wildman–Crippen MR) is 113 cm³/mol. The van der Waals surface area contributed by atoms with Gasteiger partial charge in [-0.1, -0.05) is 49.6 Å². The molecule has 6 nitrogen and oxygen atoms in total. The number of nitrogens with zero attached hydrogens (tertiary/aromatic N) is 3. The van der Waals surface area contributed by atoms with E-state index in [0.29, 0.717) is 29.6 Å². The average molecular weight is 391 g/mol. The van der Waals surface area contributed by atoms with Gasteiger partial charge < -0.3 is 5.32 Å². The van der Waals surface area contributed by atoms with Crippen LogP contribution in [0.25, 0.3) is 0 Å². The van der Waals surface area contributed by atoms with Crippen molar-refractivity contribution in [3.63, 3.8) is 0 Å². The van der Waals surface area contributed by atoms with Gasteiger partial charge in [-0.15, -0.1) is 0 Å². The molecule has 146 valence electrons. The van der Waals surface area contributed by atoms with Gasteiger partial charge in [0.05, 0.1) is 5.56 Å². The highest BCUT2D eigenvalue weighted by Crippen LogP contribution is 2.15. The summed E-state index contributed by atoms with van der Waals surface area (Å²) in [5, 5.41) is 3.53. The van der Waals surface area contributed by atoms with E-state index in [9.17, 15) is 9.59 Å². The molecule has 0 amide bonds. The van der Waals surface area contributed by atoms with E-state index in [1.165, 1.54) is 4.57 Å². The largest absolute Gasteiger partial charge is 0.383 e. The fraction of sp³-hybridized carbons (Fsp3) is 0.450. The van der Waals surface area contributed by atoms with Crippen LogP contribution in [0.4, 0.5) is 11.5 Å². The van der Waals surface area contributed by atoms with Crippen molar-refractivity contribution in [1.29, 1.82) is 0 Å². The lowest BCUT2D eigenvalue weighted by Crippen LogP contribution is -2.42. The summed E-state index contributed by atoms with van der Waals surface area (Å²) in [5.74, 6) is 0.362.